The van der Waals surface area contributed by atoms with Crippen LogP contribution in [0.15, 0.2) is 23.1 Å². The van der Waals surface area contributed by atoms with Crippen LogP contribution < -0.4 is 0 Å². The van der Waals surface area contributed by atoms with E-state index in [1.165, 1.54) is 25.7 Å². The zero-order valence-corrected chi connectivity index (χ0v) is 9.98. The summed E-state index contributed by atoms with van der Waals surface area (Å²) in [6.45, 7) is 0. The minimum absolute atomic E-state index is 0.642. The second kappa shape index (κ2) is 5.04. The maximum absolute atomic E-state index is 10.9. The van der Waals surface area contributed by atoms with E-state index in [-0.39, 0.29) is 0 Å². The minimum atomic E-state index is 0.642. The van der Waals surface area contributed by atoms with Gasteiger partial charge in [0.15, 0.2) is 6.29 Å². The summed E-state index contributed by atoms with van der Waals surface area (Å²) in [6, 6.07) is 5.51. The maximum Gasteiger partial charge on any atom is 0.151 e. The highest BCUT2D eigenvalue weighted by Crippen LogP contribution is 2.39. The average molecular weight is 241 g/mol. The molecule has 2 rings (SSSR count). The Hall–Kier alpha value is -0.470. The molecule has 15 heavy (non-hydrogen) atoms. The number of halogens is 1. The molecule has 1 aromatic carbocycles. The van der Waals surface area contributed by atoms with Gasteiger partial charge in [0.2, 0.25) is 0 Å². The van der Waals surface area contributed by atoms with Crippen molar-refractivity contribution < 1.29 is 4.79 Å². The van der Waals surface area contributed by atoms with Gasteiger partial charge in [0.25, 0.3) is 0 Å². The van der Waals surface area contributed by atoms with E-state index in [1.807, 2.05) is 18.2 Å². The molecule has 80 valence electrons. The molecule has 0 N–H and O–H groups in total. The van der Waals surface area contributed by atoms with Crippen LogP contribution in [0.25, 0.3) is 0 Å². The lowest BCUT2D eigenvalue weighted by Crippen LogP contribution is -1.96. The molecule has 0 saturated heterocycles. The third kappa shape index (κ3) is 2.56. The van der Waals surface area contributed by atoms with E-state index in [1.54, 1.807) is 11.8 Å². The van der Waals surface area contributed by atoms with E-state index in [4.69, 9.17) is 11.6 Å². The van der Waals surface area contributed by atoms with E-state index in [0.717, 1.165) is 16.7 Å². The molecular formula is C12H13ClOS. The van der Waals surface area contributed by atoms with Gasteiger partial charge < -0.3 is 0 Å². The number of thioether (sulfide) groups is 1. The van der Waals surface area contributed by atoms with Crippen molar-refractivity contribution in [1.82, 2.24) is 0 Å². The zero-order valence-electron chi connectivity index (χ0n) is 8.41. The van der Waals surface area contributed by atoms with E-state index in [9.17, 15) is 4.79 Å². The SMILES string of the molecule is O=Cc1cccc(Cl)c1SC1CCCC1. The van der Waals surface area contributed by atoms with Crippen LogP contribution in [0.4, 0.5) is 0 Å². The Morgan fingerprint density at radius 1 is 1.33 bits per heavy atom. The zero-order chi connectivity index (χ0) is 10.7. The van der Waals surface area contributed by atoms with Gasteiger partial charge in [0.1, 0.15) is 0 Å². The largest absolute Gasteiger partial charge is 0.298 e. The molecule has 0 aliphatic heterocycles. The molecule has 1 fully saturated rings. The normalized spacial score (nSPS) is 16.9. The highest BCUT2D eigenvalue weighted by atomic mass is 35.5. The van der Waals surface area contributed by atoms with Crippen molar-refractivity contribution in [3.63, 3.8) is 0 Å². The molecule has 1 aliphatic carbocycles. The Kier molecular flexibility index (Phi) is 3.71. The van der Waals surface area contributed by atoms with E-state index in [2.05, 4.69) is 0 Å². The number of carbonyl (C=O) groups is 1. The predicted molar refractivity (Wildman–Crippen MR) is 65.0 cm³/mol. The average Bonchev–Trinajstić information content (AvgIpc) is 2.74. The van der Waals surface area contributed by atoms with Gasteiger partial charge in [-0.05, 0) is 18.9 Å². The Morgan fingerprint density at radius 2 is 2.07 bits per heavy atom. The van der Waals surface area contributed by atoms with Crippen molar-refractivity contribution in [2.45, 2.75) is 35.8 Å². The fourth-order valence-corrected chi connectivity index (χ4v) is 3.57. The molecule has 1 aliphatic rings. The quantitative estimate of drug-likeness (QED) is 0.737. The molecule has 0 bridgehead atoms. The summed E-state index contributed by atoms with van der Waals surface area (Å²) in [6.07, 6.45) is 5.99. The van der Waals surface area contributed by atoms with Gasteiger partial charge in [-0.3, -0.25) is 4.79 Å². The molecule has 1 saturated carbocycles. The number of aldehydes is 1. The lowest BCUT2D eigenvalue weighted by Gasteiger charge is -2.11. The molecule has 0 atom stereocenters. The molecular weight excluding hydrogens is 228 g/mol. The summed E-state index contributed by atoms with van der Waals surface area (Å²) in [4.78, 5) is 11.8. The summed E-state index contributed by atoms with van der Waals surface area (Å²) >= 11 is 7.87. The summed E-state index contributed by atoms with van der Waals surface area (Å²) in [5.74, 6) is 0. The van der Waals surface area contributed by atoms with Gasteiger partial charge in [-0.15, -0.1) is 11.8 Å². The number of benzene rings is 1. The molecule has 3 heteroatoms. The highest BCUT2D eigenvalue weighted by molar-refractivity contribution is 8.00. The van der Waals surface area contributed by atoms with E-state index >= 15 is 0 Å². The van der Waals surface area contributed by atoms with Crippen molar-refractivity contribution in [3.8, 4) is 0 Å². The number of rotatable bonds is 3. The molecule has 0 amide bonds. The first-order valence-electron chi connectivity index (χ1n) is 5.21. The van der Waals surface area contributed by atoms with Gasteiger partial charge >= 0.3 is 0 Å². The van der Waals surface area contributed by atoms with Crippen LogP contribution >= 0.6 is 23.4 Å². The predicted octanol–water partition coefficient (Wildman–Crippen LogP) is 4.19. The molecule has 0 aromatic heterocycles. The van der Waals surface area contributed by atoms with Crippen LogP contribution in [0.3, 0.4) is 0 Å². The first-order valence-corrected chi connectivity index (χ1v) is 6.47. The summed E-state index contributed by atoms with van der Waals surface area (Å²) in [7, 11) is 0. The number of carbonyl (C=O) groups excluding carboxylic acids is 1. The number of hydrogen-bond acceptors (Lipinski definition) is 2. The monoisotopic (exact) mass is 240 g/mol. The van der Waals surface area contributed by atoms with E-state index in [0.29, 0.717) is 10.3 Å². The maximum atomic E-state index is 10.9. The van der Waals surface area contributed by atoms with Crippen molar-refractivity contribution >= 4 is 29.6 Å². The van der Waals surface area contributed by atoms with Crippen LogP contribution in [-0.2, 0) is 0 Å². The molecule has 1 aromatic rings. The Morgan fingerprint density at radius 3 is 2.73 bits per heavy atom. The van der Waals surface area contributed by atoms with Crippen LogP contribution in [0, 0.1) is 0 Å². The smallest absolute Gasteiger partial charge is 0.151 e. The van der Waals surface area contributed by atoms with Gasteiger partial charge in [-0.2, -0.15) is 0 Å². The van der Waals surface area contributed by atoms with Crippen molar-refractivity contribution in [1.29, 1.82) is 0 Å². The van der Waals surface area contributed by atoms with Gasteiger partial charge in [-0.25, -0.2) is 0 Å². The van der Waals surface area contributed by atoms with Crippen molar-refractivity contribution in [3.05, 3.63) is 28.8 Å². The summed E-state index contributed by atoms with van der Waals surface area (Å²) < 4.78 is 0. The Balaban J connectivity index is 2.21. The second-order valence-electron chi connectivity index (χ2n) is 3.80. The molecule has 0 radical (unpaired) electrons. The third-order valence-corrected chi connectivity index (χ3v) is 4.63. The van der Waals surface area contributed by atoms with Gasteiger partial charge in [0, 0.05) is 15.7 Å². The lowest BCUT2D eigenvalue weighted by atomic mass is 10.2. The van der Waals surface area contributed by atoms with Crippen LogP contribution in [0.2, 0.25) is 5.02 Å². The standard InChI is InChI=1S/C12H13ClOS/c13-11-7-3-4-9(8-14)12(11)15-10-5-1-2-6-10/h3-4,7-8,10H,1-2,5-6H2. The Labute approximate surface area is 99.2 Å². The lowest BCUT2D eigenvalue weighted by molar-refractivity contribution is 0.112. The fraction of sp³-hybridized carbons (Fsp3) is 0.417. The Bertz CT molecular complexity index is 359. The third-order valence-electron chi connectivity index (χ3n) is 2.71. The topological polar surface area (TPSA) is 17.1 Å². The highest BCUT2D eigenvalue weighted by Gasteiger charge is 2.18. The van der Waals surface area contributed by atoms with Crippen LogP contribution in [0.5, 0.6) is 0 Å². The minimum Gasteiger partial charge on any atom is -0.298 e. The number of hydrogen-bond donors (Lipinski definition) is 0. The van der Waals surface area contributed by atoms with Crippen molar-refractivity contribution in [2.75, 3.05) is 0 Å². The first-order chi connectivity index (χ1) is 7.31. The fourth-order valence-electron chi connectivity index (χ4n) is 1.92. The van der Waals surface area contributed by atoms with Crippen LogP contribution in [-0.4, -0.2) is 11.5 Å². The first kappa shape index (κ1) is 11.0. The van der Waals surface area contributed by atoms with Gasteiger partial charge in [0.05, 0.1) is 5.02 Å². The van der Waals surface area contributed by atoms with Gasteiger partial charge in [-0.1, -0.05) is 36.6 Å². The molecule has 1 nitrogen and oxygen atoms in total. The second-order valence-corrected chi connectivity index (χ2v) is 5.52. The molecule has 0 spiro atoms. The molecule has 0 heterocycles. The van der Waals surface area contributed by atoms with Crippen molar-refractivity contribution in [2.24, 2.45) is 0 Å². The van der Waals surface area contributed by atoms with E-state index < -0.39 is 0 Å². The van der Waals surface area contributed by atoms with Crippen LogP contribution in [0.1, 0.15) is 36.0 Å². The summed E-state index contributed by atoms with van der Waals surface area (Å²) in [5.41, 5.74) is 0.722. The summed E-state index contributed by atoms with van der Waals surface area (Å²) in [5, 5.41) is 1.35. The molecule has 0 unspecified atom stereocenters.